The van der Waals surface area contributed by atoms with Gasteiger partial charge in [-0.15, -0.1) is 0 Å². The van der Waals surface area contributed by atoms with Crippen molar-refractivity contribution in [2.75, 3.05) is 0 Å². The van der Waals surface area contributed by atoms with E-state index in [1.54, 1.807) is 24.3 Å². The van der Waals surface area contributed by atoms with Crippen LogP contribution < -0.4 is 10.1 Å². The maximum absolute atomic E-state index is 14.0. The number of halogens is 3. The largest absolute Gasteiger partial charge is 0.488 e. The molecule has 2 nitrogen and oxygen atoms in total. The lowest BCUT2D eigenvalue weighted by Crippen LogP contribution is -2.18. The molecular formula is C22H20Cl2FNO. The van der Waals surface area contributed by atoms with Gasteiger partial charge in [-0.05, 0) is 42.8 Å². The van der Waals surface area contributed by atoms with Gasteiger partial charge in [0.2, 0.25) is 0 Å². The highest BCUT2D eigenvalue weighted by Crippen LogP contribution is 2.27. The second-order valence-electron chi connectivity index (χ2n) is 6.25. The molecule has 0 spiro atoms. The molecule has 1 atom stereocenters. The summed E-state index contributed by atoms with van der Waals surface area (Å²) in [7, 11) is 0. The van der Waals surface area contributed by atoms with Crippen LogP contribution in [0.5, 0.6) is 5.75 Å². The van der Waals surface area contributed by atoms with Crippen LogP contribution in [0.3, 0.4) is 0 Å². The Bertz CT molecular complexity index is 882. The maximum atomic E-state index is 14.0. The Morgan fingerprint density at radius 1 is 1.00 bits per heavy atom. The molecule has 0 saturated heterocycles. The Morgan fingerprint density at radius 3 is 2.52 bits per heavy atom. The number of nitrogens with one attached hydrogen (secondary N) is 1. The summed E-state index contributed by atoms with van der Waals surface area (Å²) in [6.07, 6.45) is 0. The van der Waals surface area contributed by atoms with E-state index in [0.717, 1.165) is 5.56 Å². The van der Waals surface area contributed by atoms with Gasteiger partial charge in [0.15, 0.2) is 0 Å². The molecule has 0 fully saturated rings. The first-order valence-electron chi connectivity index (χ1n) is 8.67. The van der Waals surface area contributed by atoms with Crippen LogP contribution in [0.4, 0.5) is 4.39 Å². The number of ether oxygens (including phenoxy) is 1. The third-order valence-electron chi connectivity index (χ3n) is 4.35. The summed E-state index contributed by atoms with van der Waals surface area (Å²) >= 11 is 12.2. The lowest BCUT2D eigenvalue weighted by atomic mass is 10.1. The molecule has 27 heavy (non-hydrogen) atoms. The second kappa shape index (κ2) is 9.23. The van der Waals surface area contributed by atoms with Crippen molar-refractivity contribution in [1.29, 1.82) is 0 Å². The molecule has 0 bridgehead atoms. The van der Waals surface area contributed by atoms with Crippen LogP contribution in [0.2, 0.25) is 10.0 Å². The summed E-state index contributed by atoms with van der Waals surface area (Å²) in [6.45, 7) is 2.71. The third kappa shape index (κ3) is 5.23. The first-order valence-corrected chi connectivity index (χ1v) is 9.42. The van der Waals surface area contributed by atoms with Crippen LogP contribution in [-0.4, -0.2) is 0 Å². The van der Waals surface area contributed by atoms with E-state index < -0.39 is 0 Å². The number of rotatable bonds is 7. The van der Waals surface area contributed by atoms with Gasteiger partial charge in [0, 0.05) is 28.7 Å². The molecule has 3 rings (SSSR count). The molecule has 0 saturated carbocycles. The minimum atomic E-state index is -0.381. The SMILES string of the molecule is C[C@@H](NCc1cc(Cl)ccc1OCc1c(F)cccc1Cl)c1ccccc1. The van der Waals surface area contributed by atoms with E-state index in [1.807, 2.05) is 24.3 Å². The predicted octanol–water partition coefficient (Wildman–Crippen LogP) is 6.56. The van der Waals surface area contributed by atoms with Gasteiger partial charge < -0.3 is 10.1 Å². The van der Waals surface area contributed by atoms with E-state index in [9.17, 15) is 4.39 Å². The molecule has 3 aromatic carbocycles. The normalized spacial score (nSPS) is 12.0. The van der Waals surface area contributed by atoms with Gasteiger partial charge in [0.25, 0.3) is 0 Å². The van der Waals surface area contributed by atoms with E-state index in [0.29, 0.717) is 27.9 Å². The molecule has 1 N–H and O–H groups in total. The van der Waals surface area contributed by atoms with E-state index >= 15 is 0 Å². The standard InChI is InChI=1S/C22H20Cl2FNO/c1-15(16-6-3-2-4-7-16)26-13-17-12-18(23)10-11-22(17)27-14-19-20(24)8-5-9-21(19)25/h2-12,15,26H,13-14H2,1H3/t15-/m1/s1. The number of hydrogen-bond acceptors (Lipinski definition) is 2. The lowest BCUT2D eigenvalue weighted by molar-refractivity contribution is 0.295. The minimum absolute atomic E-state index is 0.0500. The Labute approximate surface area is 168 Å². The zero-order chi connectivity index (χ0) is 19.2. The van der Waals surface area contributed by atoms with Crippen molar-refractivity contribution in [2.24, 2.45) is 0 Å². The summed E-state index contributed by atoms with van der Waals surface area (Å²) in [6, 6.07) is 20.3. The topological polar surface area (TPSA) is 21.3 Å². The molecule has 0 amide bonds. The zero-order valence-corrected chi connectivity index (χ0v) is 16.4. The van der Waals surface area contributed by atoms with E-state index in [1.165, 1.54) is 11.6 Å². The fraction of sp³-hybridized carbons (Fsp3) is 0.182. The lowest BCUT2D eigenvalue weighted by Gasteiger charge is -2.17. The first kappa shape index (κ1) is 19.7. The third-order valence-corrected chi connectivity index (χ3v) is 4.94. The van der Waals surface area contributed by atoms with Crippen LogP contribution in [0.15, 0.2) is 66.7 Å². The van der Waals surface area contributed by atoms with Crippen LogP contribution in [0.25, 0.3) is 0 Å². The first-order chi connectivity index (χ1) is 13.0. The monoisotopic (exact) mass is 403 g/mol. The second-order valence-corrected chi connectivity index (χ2v) is 7.10. The predicted molar refractivity (Wildman–Crippen MR) is 109 cm³/mol. The van der Waals surface area contributed by atoms with Gasteiger partial charge >= 0.3 is 0 Å². The molecule has 0 radical (unpaired) electrons. The maximum Gasteiger partial charge on any atom is 0.131 e. The van der Waals surface area contributed by atoms with Crippen molar-refractivity contribution in [1.82, 2.24) is 5.32 Å². The highest BCUT2D eigenvalue weighted by molar-refractivity contribution is 6.31. The highest BCUT2D eigenvalue weighted by atomic mass is 35.5. The molecule has 3 aromatic rings. The van der Waals surface area contributed by atoms with Crippen molar-refractivity contribution in [3.05, 3.63) is 99.3 Å². The molecule has 0 heterocycles. The van der Waals surface area contributed by atoms with E-state index in [2.05, 4.69) is 24.4 Å². The van der Waals surface area contributed by atoms with Crippen molar-refractivity contribution in [3.63, 3.8) is 0 Å². The molecule has 0 aliphatic heterocycles. The van der Waals surface area contributed by atoms with E-state index in [-0.39, 0.29) is 18.5 Å². The molecule has 0 aliphatic rings. The fourth-order valence-electron chi connectivity index (χ4n) is 2.77. The number of hydrogen-bond donors (Lipinski definition) is 1. The van der Waals surface area contributed by atoms with Gasteiger partial charge in [-0.1, -0.05) is 59.6 Å². The van der Waals surface area contributed by atoms with Gasteiger partial charge in [0.05, 0.1) is 5.02 Å². The van der Waals surface area contributed by atoms with Crippen LogP contribution in [0.1, 0.15) is 29.7 Å². The summed E-state index contributed by atoms with van der Waals surface area (Å²) in [5.74, 6) is 0.264. The Kier molecular flexibility index (Phi) is 6.73. The average Bonchev–Trinajstić information content (AvgIpc) is 2.67. The highest BCUT2D eigenvalue weighted by Gasteiger charge is 2.12. The van der Waals surface area contributed by atoms with E-state index in [4.69, 9.17) is 27.9 Å². The van der Waals surface area contributed by atoms with Gasteiger partial charge in [-0.2, -0.15) is 0 Å². The van der Waals surface area contributed by atoms with Gasteiger partial charge in [-0.3, -0.25) is 0 Å². The molecule has 140 valence electrons. The summed E-state index contributed by atoms with van der Waals surface area (Å²) in [5.41, 5.74) is 2.43. The molecule has 0 unspecified atom stereocenters. The Morgan fingerprint density at radius 2 is 1.78 bits per heavy atom. The summed E-state index contributed by atoms with van der Waals surface area (Å²) in [5, 5.41) is 4.43. The van der Waals surface area contributed by atoms with Crippen LogP contribution in [-0.2, 0) is 13.2 Å². The quantitative estimate of drug-likeness (QED) is 0.481. The average molecular weight is 404 g/mol. The Hall–Kier alpha value is -2.07. The zero-order valence-electron chi connectivity index (χ0n) is 14.9. The van der Waals surface area contributed by atoms with Crippen molar-refractivity contribution in [3.8, 4) is 5.75 Å². The molecule has 0 aliphatic carbocycles. The van der Waals surface area contributed by atoms with Gasteiger partial charge in [-0.25, -0.2) is 4.39 Å². The fourth-order valence-corrected chi connectivity index (χ4v) is 3.18. The molecule has 5 heteroatoms. The van der Waals surface area contributed by atoms with Crippen LogP contribution in [0, 0.1) is 5.82 Å². The van der Waals surface area contributed by atoms with Crippen LogP contribution >= 0.6 is 23.2 Å². The Balaban J connectivity index is 1.71. The summed E-state index contributed by atoms with van der Waals surface area (Å²) < 4.78 is 19.8. The van der Waals surface area contributed by atoms with Crippen molar-refractivity contribution < 1.29 is 9.13 Å². The number of benzene rings is 3. The van der Waals surface area contributed by atoms with Crippen molar-refractivity contribution >= 4 is 23.2 Å². The minimum Gasteiger partial charge on any atom is -0.488 e. The van der Waals surface area contributed by atoms with Crippen molar-refractivity contribution in [2.45, 2.75) is 26.1 Å². The summed E-state index contributed by atoms with van der Waals surface area (Å²) in [4.78, 5) is 0. The molecule has 0 aromatic heterocycles. The molecular weight excluding hydrogens is 384 g/mol. The van der Waals surface area contributed by atoms with Gasteiger partial charge in [0.1, 0.15) is 18.2 Å². The smallest absolute Gasteiger partial charge is 0.131 e.